The number of hydrogen-bond donors (Lipinski definition) is 3. The van der Waals surface area contributed by atoms with Crippen LogP contribution in [0.3, 0.4) is 0 Å². The van der Waals surface area contributed by atoms with Crippen LogP contribution in [-0.4, -0.2) is 22.1 Å². The zero-order chi connectivity index (χ0) is 14.4. The summed E-state index contributed by atoms with van der Waals surface area (Å²) in [5.41, 5.74) is 7.18. The number of amidine groups is 1. The topological polar surface area (TPSA) is 83.5 Å². The molecule has 1 aliphatic rings. The molecule has 1 heterocycles. The molecular formula is C15H24N4O. The van der Waals surface area contributed by atoms with Gasteiger partial charge in [-0.1, -0.05) is 18.5 Å². The molecule has 1 fully saturated rings. The maximum absolute atomic E-state index is 8.67. The van der Waals surface area contributed by atoms with Crippen LogP contribution in [0, 0.1) is 5.92 Å². The van der Waals surface area contributed by atoms with Crippen LogP contribution >= 0.6 is 0 Å². The molecule has 2 rings (SSSR count). The Hall–Kier alpha value is -1.62. The van der Waals surface area contributed by atoms with Gasteiger partial charge in [0.1, 0.15) is 5.69 Å². The van der Waals surface area contributed by atoms with Crippen molar-refractivity contribution >= 4 is 5.84 Å². The van der Waals surface area contributed by atoms with Gasteiger partial charge in [-0.3, -0.25) is 4.98 Å². The van der Waals surface area contributed by atoms with Gasteiger partial charge in [0.15, 0.2) is 5.84 Å². The number of pyridine rings is 1. The average Bonchev–Trinajstić information content (AvgIpc) is 2.53. The SMILES string of the molecule is CCC1CCC(NCc2ccnc(C(N)=NO)c2)CC1. The monoisotopic (exact) mass is 276 g/mol. The van der Waals surface area contributed by atoms with Crippen molar-refractivity contribution in [2.24, 2.45) is 16.8 Å². The number of nitrogens with zero attached hydrogens (tertiary/aromatic N) is 2. The van der Waals surface area contributed by atoms with Crippen LogP contribution in [0.4, 0.5) is 0 Å². The fourth-order valence-corrected chi connectivity index (χ4v) is 2.81. The van der Waals surface area contributed by atoms with Crippen molar-refractivity contribution in [3.8, 4) is 0 Å². The van der Waals surface area contributed by atoms with Crippen molar-refractivity contribution in [3.63, 3.8) is 0 Å². The Morgan fingerprint density at radius 2 is 2.20 bits per heavy atom. The van der Waals surface area contributed by atoms with Gasteiger partial charge in [-0.15, -0.1) is 0 Å². The first-order valence-corrected chi connectivity index (χ1v) is 7.39. The van der Waals surface area contributed by atoms with Crippen molar-refractivity contribution in [3.05, 3.63) is 29.6 Å². The highest BCUT2D eigenvalue weighted by molar-refractivity contribution is 5.95. The lowest BCUT2D eigenvalue weighted by molar-refractivity contribution is 0.285. The summed E-state index contributed by atoms with van der Waals surface area (Å²) >= 11 is 0. The summed E-state index contributed by atoms with van der Waals surface area (Å²) in [5.74, 6) is 0.969. The van der Waals surface area contributed by atoms with E-state index in [0.29, 0.717) is 11.7 Å². The molecule has 0 spiro atoms. The number of aromatic nitrogens is 1. The van der Waals surface area contributed by atoms with E-state index < -0.39 is 0 Å². The Morgan fingerprint density at radius 1 is 1.45 bits per heavy atom. The third-order valence-electron chi connectivity index (χ3n) is 4.21. The van der Waals surface area contributed by atoms with Gasteiger partial charge in [0.25, 0.3) is 0 Å². The molecule has 0 aromatic carbocycles. The summed E-state index contributed by atoms with van der Waals surface area (Å²) in [6.45, 7) is 3.08. The molecule has 0 atom stereocenters. The Morgan fingerprint density at radius 3 is 2.85 bits per heavy atom. The van der Waals surface area contributed by atoms with Gasteiger partial charge in [0.05, 0.1) is 0 Å². The van der Waals surface area contributed by atoms with E-state index in [4.69, 9.17) is 10.9 Å². The fraction of sp³-hybridized carbons (Fsp3) is 0.600. The molecule has 0 radical (unpaired) electrons. The molecular weight excluding hydrogens is 252 g/mol. The fourth-order valence-electron chi connectivity index (χ4n) is 2.81. The van der Waals surface area contributed by atoms with E-state index in [0.717, 1.165) is 18.0 Å². The van der Waals surface area contributed by atoms with Gasteiger partial charge in [-0.2, -0.15) is 0 Å². The first kappa shape index (κ1) is 14.8. The molecule has 0 unspecified atom stereocenters. The van der Waals surface area contributed by atoms with Crippen molar-refractivity contribution in [2.45, 2.75) is 51.6 Å². The van der Waals surface area contributed by atoms with Gasteiger partial charge >= 0.3 is 0 Å². The summed E-state index contributed by atoms with van der Waals surface area (Å²) in [7, 11) is 0. The van der Waals surface area contributed by atoms with Crippen molar-refractivity contribution in [1.82, 2.24) is 10.3 Å². The Kier molecular flexibility index (Phi) is 5.35. The lowest BCUT2D eigenvalue weighted by Crippen LogP contribution is -2.32. The van der Waals surface area contributed by atoms with Gasteiger partial charge in [0, 0.05) is 18.8 Å². The van der Waals surface area contributed by atoms with E-state index in [9.17, 15) is 0 Å². The Labute approximate surface area is 120 Å². The van der Waals surface area contributed by atoms with Crippen LogP contribution in [0.15, 0.2) is 23.5 Å². The van der Waals surface area contributed by atoms with Crippen molar-refractivity contribution in [1.29, 1.82) is 0 Å². The zero-order valence-electron chi connectivity index (χ0n) is 12.0. The number of rotatable bonds is 5. The van der Waals surface area contributed by atoms with Crippen LogP contribution in [0.2, 0.25) is 0 Å². The van der Waals surface area contributed by atoms with E-state index in [1.807, 2.05) is 12.1 Å². The third-order valence-corrected chi connectivity index (χ3v) is 4.21. The number of oxime groups is 1. The summed E-state index contributed by atoms with van der Waals surface area (Å²) in [6, 6.07) is 4.43. The number of nitrogens with two attached hydrogens (primary N) is 1. The molecule has 1 saturated carbocycles. The summed E-state index contributed by atoms with van der Waals surface area (Å²) in [4.78, 5) is 4.08. The molecule has 1 aliphatic carbocycles. The number of nitrogens with one attached hydrogen (secondary N) is 1. The normalized spacial score (nSPS) is 23.8. The van der Waals surface area contributed by atoms with E-state index in [-0.39, 0.29) is 5.84 Å². The van der Waals surface area contributed by atoms with Gasteiger partial charge < -0.3 is 16.3 Å². The third kappa shape index (κ3) is 3.93. The minimum atomic E-state index is 0.0512. The molecule has 5 nitrogen and oxygen atoms in total. The van der Waals surface area contributed by atoms with Gasteiger partial charge in [-0.25, -0.2) is 0 Å². The standard InChI is InChI=1S/C15H24N4O/c1-2-11-3-5-13(6-4-11)18-10-12-7-8-17-14(9-12)15(16)19-20/h7-9,11,13,18,20H,2-6,10H2,1H3,(H2,16,19). The highest BCUT2D eigenvalue weighted by Gasteiger charge is 2.19. The predicted octanol–water partition coefficient (Wildman–Crippen LogP) is 2.23. The Balaban J connectivity index is 1.85. The van der Waals surface area contributed by atoms with E-state index >= 15 is 0 Å². The molecule has 1 aromatic heterocycles. The molecule has 0 amide bonds. The lowest BCUT2D eigenvalue weighted by Gasteiger charge is -2.28. The minimum Gasteiger partial charge on any atom is -0.409 e. The average molecular weight is 276 g/mol. The summed E-state index contributed by atoms with van der Waals surface area (Å²) in [5, 5.41) is 15.2. The molecule has 0 bridgehead atoms. The van der Waals surface area contributed by atoms with Crippen molar-refractivity contribution in [2.75, 3.05) is 0 Å². The maximum atomic E-state index is 8.67. The van der Waals surface area contributed by atoms with Crippen molar-refractivity contribution < 1.29 is 5.21 Å². The molecule has 1 aromatic rings. The van der Waals surface area contributed by atoms with Crippen LogP contribution in [-0.2, 0) is 6.54 Å². The van der Waals surface area contributed by atoms with Gasteiger partial charge in [-0.05, 0) is 49.3 Å². The molecule has 20 heavy (non-hydrogen) atoms. The van der Waals surface area contributed by atoms with Crippen LogP contribution < -0.4 is 11.1 Å². The molecule has 5 heteroatoms. The second-order valence-corrected chi connectivity index (χ2v) is 5.54. The largest absolute Gasteiger partial charge is 0.409 e. The van der Waals surface area contributed by atoms with E-state index in [1.54, 1.807) is 6.20 Å². The first-order chi connectivity index (χ1) is 9.72. The molecule has 4 N–H and O–H groups in total. The van der Waals surface area contributed by atoms with Gasteiger partial charge in [0.2, 0.25) is 0 Å². The molecule has 0 saturated heterocycles. The first-order valence-electron chi connectivity index (χ1n) is 7.39. The molecule has 110 valence electrons. The number of hydrogen-bond acceptors (Lipinski definition) is 4. The predicted molar refractivity (Wildman–Crippen MR) is 79.6 cm³/mol. The van der Waals surface area contributed by atoms with Crippen LogP contribution in [0.25, 0.3) is 0 Å². The second kappa shape index (κ2) is 7.24. The van der Waals surface area contributed by atoms with Crippen LogP contribution in [0.5, 0.6) is 0 Å². The van der Waals surface area contributed by atoms with E-state index in [1.165, 1.54) is 32.1 Å². The second-order valence-electron chi connectivity index (χ2n) is 5.54. The van der Waals surface area contributed by atoms with E-state index in [2.05, 4.69) is 22.4 Å². The smallest absolute Gasteiger partial charge is 0.188 e. The lowest BCUT2D eigenvalue weighted by atomic mass is 9.84. The molecule has 0 aliphatic heterocycles. The Bertz CT molecular complexity index is 453. The van der Waals surface area contributed by atoms with Crippen LogP contribution in [0.1, 0.15) is 50.3 Å². The highest BCUT2D eigenvalue weighted by Crippen LogP contribution is 2.26. The zero-order valence-corrected chi connectivity index (χ0v) is 12.0. The minimum absolute atomic E-state index is 0.0512. The highest BCUT2D eigenvalue weighted by atomic mass is 16.4. The maximum Gasteiger partial charge on any atom is 0.188 e. The summed E-state index contributed by atoms with van der Waals surface area (Å²) in [6.07, 6.45) is 8.19. The summed E-state index contributed by atoms with van der Waals surface area (Å²) < 4.78 is 0. The quantitative estimate of drug-likeness (QED) is 0.333.